The van der Waals surface area contributed by atoms with E-state index in [2.05, 4.69) is 15.5 Å². The Balaban J connectivity index is 1.58. The van der Waals surface area contributed by atoms with Crippen molar-refractivity contribution in [3.05, 3.63) is 76.1 Å². The lowest BCUT2D eigenvalue weighted by Crippen LogP contribution is -2.56. The first-order chi connectivity index (χ1) is 18.8. The number of hydrogen-bond acceptors (Lipinski definition) is 4. The van der Waals surface area contributed by atoms with Crippen molar-refractivity contribution < 1.29 is 19.2 Å². The van der Waals surface area contributed by atoms with Gasteiger partial charge < -0.3 is 15.5 Å². The van der Waals surface area contributed by atoms with E-state index in [9.17, 15) is 19.2 Å². The second kappa shape index (κ2) is 10.9. The third-order valence-electron chi connectivity index (χ3n) is 7.62. The van der Waals surface area contributed by atoms with Crippen molar-refractivity contribution in [1.29, 1.82) is 0 Å². The molecule has 9 nitrogen and oxygen atoms in total. The predicted octanol–water partition coefficient (Wildman–Crippen LogP) is 4.09. The highest BCUT2D eigenvalue weighted by atomic mass is 35.5. The third-order valence-corrected chi connectivity index (χ3v) is 7.87. The van der Waals surface area contributed by atoms with E-state index in [-0.39, 0.29) is 24.3 Å². The molecule has 1 fully saturated rings. The highest BCUT2D eigenvalue weighted by Gasteiger charge is 2.59. The number of halogens is 1. The van der Waals surface area contributed by atoms with Gasteiger partial charge in [0.25, 0.3) is 11.8 Å². The molecule has 2 heterocycles. The van der Waals surface area contributed by atoms with Crippen LogP contribution in [0.5, 0.6) is 0 Å². The van der Waals surface area contributed by atoms with Crippen molar-refractivity contribution in [3.63, 3.8) is 0 Å². The van der Waals surface area contributed by atoms with Gasteiger partial charge in [-0.3, -0.25) is 28.9 Å². The number of nitrogens with zero attached hydrogens (tertiary/aromatic N) is 3. The van der Waals surface area contributed by atoms with Crippen LogP contribution in [0.15, 0.2) is 48.5 Å². The van der Waals surface area contributed by atoms with Crippen molar-refractivity contribution in [2.75, 3.05) is 18.9 Å². The molecule has 0 saturated carbocycles. The molecule has 0 aliphatic carbocycles. The number of anilines is 1. The van der Waals surface area contributed by atoms with E-state index in [1.807, 2.05) is 45.0 Å². The fraction of sp³-hybridized carbons (Fsp3) is 0.433. The van der Waals surface area contributed by atoms with Gasteiger partial charge in [0.15, 0.2) is 0 Å². The maximum absolute atomic E-state index is 14.2. The number of carbonyl (C=O) groups is 4. The number of nitrogens with one attached hydrogen (secondary N) is 2. The first kappa shape index (κ1) is 29.1. The smallest absolute Gasteiger partial charge is 0.302 e. The normalized spacial score (nSPS) is 21.3. The molecule has 210 valence electrons. The highest BCUT2D eigenvalue weighted by Crippen LogP contribution is 2.47. The predicted molar refractivity (Wildman–Crippen MR) is 152 cm³/mol. The second-order valence-corrected chi connectivity index (χ2v) is 12.2. The van der Waals surface area contributed by atoms with Gasteiger partial charge >= 0.3 is 6.17 Å². The Morgan fingerprint density at radius 3 is 2.48 bits per heavy atom. The van der Waals surface area contributed by atoms with Crippen LogP contribution in [0.3, 0.4) is 0 Å². The molecule has 0 bridgehead atoms. The van der Waals surface area contributed by atoms with Gasteiger partial charge in [0, 0.05) is 29.9 Å². The molecule has 1 spiro atoms. The van der Waals surface area contributed by atoms with Crippen LogP contribution < -0.4 is 10.6 Å². The van der Waals surface area contributed by atoms with Crippen LogP contribution in [0.25, 0.3) is 4.85 Å². The average molecular weight is 564 g/mol. The van der Waals surface area contributed by atoms with Gasteiger partial charge in [-0.05, 0) is 54.7 Å². The van der Waals surface area contributed by atoms with E-state index >= 15 is 0 Å². The minimum Gasteiger partial charge on any atom is -0.341 e. The van der Waals surface area contributed by atoms with Crippen LogP contribution >= 0.6 is 11.6 Å². The van der Waals surface area contributed by atoms with Crippen LogP contribution in [-0.2, 0) is 19.8 Å². The van der Waals surface area contributed by atoms with Crippen LogP contribution in [-0.4, -0.2) is 65.3 Å². The monoisotopic (exact) mass is 563 g/mol. The Morgan fingerprint density at radius 1 is 1.20 bits per heavy atom. The maximum Gasteiger partial charge on any atom is 0.302 e. The van der Waals surface area contributed by atoms with Gasteiger partial charge in [-0.15, -0.1) is 0 Å². The lowest BCUT2D eigenvalue weighted by molar-refractivity contribution is -0.146. The molecule has 4 atom stereocenters. The molecule has 2 N–H and O–H groups in total. The Hall–Kier alpha value is -3.90. The Kier molecular flexibility index (Phi) is 7.95. The number of fused-ring (bicyclic) bond motifs is 2. The molecule has 1 saturated heterocycles. The SMILES string of the molecule is [C-]#[N+][C@@H]1C[C@@]2(CN1C(=O)[C@H](CC(C)(C)C)N(C)C(=O)[C@H](C)NC(=O)c1ccc(Cl)cc1)C(=O)Nc1ccccc12. The molecule has 2 aliphatic rings. The second-order valence-electron chi connectivity index (χ2n) is 11.8. The van der Waals surface area contributed by atoms with E-state index < -0.39 is 41.4 Å². The fourth-order valence-electron chi connectivity index (χ4n) is 5.52. The molecule has 10 heteroatoms. The summed E-state index contributed by atoms with van der Waals surface area (Å²) in [5.41, 5.74) is 0.462. The summed E-state index contributed by atoms with van der Waals surface area (Å²) in [7, 11) is 1.54. The van der Waals surface area contributed by atoms with E-state index in [4.69, 9.17) is 18.2 Å². The first-order valence-electron chi connectivity index (χ1n) is 13.2. The highest BCUT2D eigenvalue weighted by molar-refractivity contribution is 6.30. The summed E-state index contributed by atoms with van der Waals surface area (Å²) >= 11 is 5.91. The molecule has 4 rings (SSSR count). The fourth-order valence-corrected chi connectivity index (χ4v) is 5.65. The number of likely N-dealkylation sites (N-methyl/N-ethyl adjacent to an activating group) is 1. The number of para-hydroxylation sites is 1. The Bertz CT molecular complexity index is 1380. The number of hydrogen-bond donors (Lipinski definition) is 2. The van der Waals surface area contributed by atoms with Crippen LogP contribution in [0.4, 0.5) is 5.69 Å². The minimum atomic E-state index is -1.02. The summed E-state index contributed by atoms with van der Waals surface area (Å²) < 4.78 is 0. The number of likely N-dealkylation sites (tertiary alicyclic amines) is 1. The summed E-state index contributed by atoms with van der Waals surface area (Å²) in [5.74, 6) is -1.50. The van der Waals surface area contributed by atoms with Crippen LogP contribution in [0.1, 0.15) is 56.5 Å². The van der Waals surface area contributed by atoms with Gasteiger partial charge in [-0.25, -0.2) is 6.57 Å². The minimum absolute atomic E-state index is 0.0489. The molecule has 4 amide bonds. The van der Waals surface area contributed by atoms with Crippen molar-refractivity contribution in [2.24, 2.45) is 5.41 Å². The maximum atomic E-state index is 14.2. The van der Waals surface area contributed by atoms with Crippen molar-refractivity contribution in [2.45, 2.75) is 64.2 Å². The first-order valence-corrected chi connectivity index (χ1v) is 13.6. The molecular weight excluding hydrogens is 530 g/mol. The van der Waals surface area contributed by atoms with Gasteiger partial charge in [-0.2, -0.15) is 0 Å². The van der Waals surface area contributed by atoms with Gasteiger partial charge in [0.1, 0.15) is 17.5 Å². The molecular formula is C30H34ClN5O4. The standard InChI is InChI=1S/C30H34ClN5O4/c1-18(33-25(37)19-11-13-20(31)14-12-19)26(38)35(6)23(15-29(2,3)4)27(39)36-17-30(16-24(36)32-5)21-9-7-8-10-22(21)34-28(30)40/h7-14,18,23-24H,15-17H2,1-4,6H3,(H,33,37)(H,34,40)/t18-,23-,24-,30-/m0/s1. The topological polar surface area (TPSA) is 103 Å². The molecule has 0 unspecified atom stereocenters. The zero-order valence-corrected chi connectivity index (χ0v) is 24.1. The van der Waals surface area contributed by atoms with Gasteiger partial charge in [-0.1, -0.05) is 50.6 Å². The summed E-state index contributed by atoms with van der Waals surface area (Å²) in [5, 5.41) is 6.09. The summed E-state index contributed by atoms with van der Waals surface area (Å²) in [4.78, 5) is 60.1. The molecule has 0 radical (unpaired) electrons. The lowest BCUT2D eigenvalue weighted by atomic mass is 9.80. The Morgan fingerprint density at radius 2 is 1.85 bits per heavy atom. The van der Waals surface area contributed by atoms with Gasteiger partial charge in [0.05, 0.1) is 6.42 Å². The number of benzene rings is 2. The average Bonchev–Trinajstić information content (AvgIpc) is 3.43. The molecule has 2 aromatic rings. The molecule has 2 aliphatic heterocycles. The van der Waals surface area contributed by atoms with E-state index in [1.165, 1.54) is 16.8 Å². The zero-order chi connectivity index (χ0) is 29.4. The quantitative estimate of drug-likeness (QED) is 0.517. The van der Waals surface area contributed by atoms with Gasteiger partial charge in [0.2, 0.25) is 11.8 Å². The molecule has 0 aromatic heterocycles. The summed E-state index contributed by atoms with van der Waals surface area (Å²) in [6.45, 7) is 15.4. The van der Waals surface area contributed by atoms with Crippen molar-refractivity contribution >= 4 is 40.9 Å². The van der Waals surface area contributed by atoms with Crippen LogP contribution in [0, 0.1) is 12.0 Å². The van der Waals surface area contributed by atoms with Crippen molar-refractivity contribution in [1.82, 2.24) is 15.1 Å². The van der Waals surface area contributed by atoms with E-state index in [0.717, 1.165) is 5.56 Å². The van der Waals surface area contributed by atoms with E-state index in [0.29, 0.717) is 22.7 Å². The third kappa shape index (κ3) is 5.54. The van der Waals surface area contributed by atoms with Crippen molar-refractivity contribution in [3.8, 4) is 0 Å². The number of carbonyl (C=O) groups excluding carboxylic acids is 4. The molecule has 2 aromatic carbocycles. The largest absolute Gasteiger partial charge is 0.341 e. The summed E-state index contributed by atoms with van der Waals surface area (Å²) in [6, 6.07) is 11.8. The lowest BCUT2D eigenvalue weighted by Gasteiger charge is -2.36. The Labute approximate surface area is 239 Å². The number of rotatable bonds is 6. The summed E-state index contributed by atoms with van der Waals surface area (Å²) in [6.07, 6.45) is -0.348. The zero-order valence-electron chi connectivity index (χ0n) is 23.3. The van der Waals surface area contributed by atoms with Crippen LogP contribution in [0.2, 0.25) is 5.02 Å². The van der Waals surface area contributed by atoms with E-state index in [1.54, 1.807) is 31.2 Å². The molecule has 40 heavy (non-hydrogen) atoms. The number of amides is 4.